The molecule has 7 heteroatoms. The van der Waals surface area contributed by atoms with Crippen LogP contribution < -0.4 is 9.64 Å². The van der Waals surface area contributed by atoms with E-state index >= 15 is 0 Å². The Morgan fingerprint density at radius 2 is 1.89 bits per heavy atom. The molecule has 0 atom stereocenters. The number of carbonyl (C=O) groups excluding carboxylic acids is 2. The Kier molecular flexibility index (Phi) is 5.42. The minimum Gasteiger partial charge on any atom is -0.507 e. The molecule has 0 unspecified atom stereocenters. The van der Waals surface area contributed by atoms with Crippen LogP contribution in [0.15, 0.2) is 59.3 Å². The molecule has 0 fully saturated rings. The third-order valence-electron chi connectivity index (χ3n) is 4.42. The van der Waals surface area contributed by atoms with Gasteiger partial charge in [-0.2, -0.15) is 0 Å². The second-order valence-corrected chi connectivity index (χ2v) is 6.44. The van der Waals surface area contributed by atoms with E-state index in [1.165, 1.54) is 31.3 Å². The van der Waals surface area contributed by atoms with Crippen LogP contribution in [0.4, 0.5) is 5.69 Å². The molecule has 0 saturated heterocycles. The molecule has 0 spiro atoms. The van der Waals surface area contributed by atoms with Gasteiger partial charge < -0.3 is 14.6 Å². The predicted molar refractivity (Wildman–Crippen MR) is 106 cm³/mol. The van der Waals surface area contributed by atoms with E-state index in [1.807, 2.05) is 0 Å². The molecule has 2 aromatic rings. The monoisotopic (exact) mass is 399 g/mol. The van der Waals surface area contributed by atoms with Crippen molar-refractivity contribution in [1.29, 1.82) is 0 Å². The predicted octanol–water partition coefficient (Wildman–Crippen LogP) is 3.93. The first kappa shape index (κ1) is 19.5. The molecule has 144 valence electrons. The number of carbonyl (C=O) groups is 2. The highest BCUT2D eigenvalue weighted by Crippen LogP contribution is 2.38. The molecule has 1 N–H and O–H groups in total. The Balaban J connectivity index is 2.15. The highest BCUT2D eigenvalue weighted by atomic mass is 35.5. The average Bonchev–Trinajstić information content (AvgIpc) is 2.92. The van der Waals surface area contributed by atoms with Crippen molar-refractivity contribution in [3.8, 4) is 11.5 Å². The topological polar surface area (TPSA) is 76.1 Å². The van der Waals surface area contributed by atoms with Crippen LogP contribution in [0.25, 0.3) is 6.08 Å². The number of nitrogens with zero attached hydrogens (tertiary/aromatic N) is 1. The lowest BCUT2D eigenvalue weighted by Crippen LogP contribution is -2.24. The molecule has 1 aliphatic heterocycles. The Labute approximate surface area is 167 Å². The fourth-order valence-corrected chi connectivity index (χ4v) is 3.30. The van der Waals surface area contributed by atoms with Crippen molar-refractivity contribution >= 4 is 35.2 Å². The zero-order valence-corrected chi connectivity index (χ0v) is 16.3. The van der Waals surface area contributed by atoms with E-state index in [1.54, 1.807) is 43.3 Å². The van der Waals surface area contributed by atoms with Crippen LogP contribution >= 0.6 is 11.6 Å². The van der Waals surface area contributed by atoms with E-state index in [0.29, 0.717) is 27.7 Å². The lowest BCUT2D eigenvalue weighted by molar-refractivity contribution is -0.136. The summed E-state index contributed by atoms with van der Waals surface area (Å²) in [5.74, 6) is -0.607. The summed E-state index contributed by atoms with van der Waals surface area (Å²) < 4.78 is 10.0. The number of benzene rings is 2. The first-order valence-corrected chi connectivity index (χ1v) is 8.74. The van der Waals surface area contributed by atoms with E-state index < -0.39 is 11.9 Å². The van der Waals surface area contributed by atoms with Crippen molar-refractivity contribution in [2.45, 2.75) is 6.92 Å². The summed E-state index contributed by atoms with van der Waals surface area (Å²) in [4.78, 5) is 27.0. The molecule has 0 saturated carbocycles. The van der Waals surface area contributed by atoms with Gasteiger partial charge in [0.2, 0.25) is 0 Å². The number of rotatable bonds is 4. The molecule has 6 nitrogen and oxygen atoms in total. The van der Waals surface area contributed by atoms with Gasteiger partial charge in [-0.05, 0) is 37.3 Å². The molecule has 0 bridgehead atoms. The molecular weight excluding hydrogens is 382 g/mol. The summed E-state index contributed by atoms with van der Waals surface area (Å²) in [6.07, 6.45) is 1.47. The SMILES string of the molecule is COC(=O)C1=C(C)N(c2ccc(OC)c(Cl)c2)C(=O)/C1=C\c1ccccc1O. The Morgan fingerprint density at radius 3 is 2.50 bits per heavy atom. The maximum Gasteiger partial charge on any atom is 0.340 e. The minimum atomic E-state index is -0.644. The van der Waals surface area contributed by atoms with Crippen LogP contribution in [-0.4, -0.2) is 31.2 Å². The summed E-state index contributed by atoms with van der Waals surface area (Å²) in [6.45, 7) is 1.65. The van der Waals surface area contributed by atoms with Crippen molar-refractivity contribution in [1.82, 2.24) is 0 Å². The van der Waals surface area contributed by atoms with Crippen LogP contribution in [0.1, 0.15) is 12.5 Å². The lowest BCUT2D eigenvalue weighted by Gasteiger charge is -2.19. The summed E-state index contributed by atoms with van der Waals surface area (Å²) >= 11 is 6.20. The number of methoxy groups -OCH3 is 2. The standard InChI is InChI=1S/C21H18ClNO5/c1-12-19(21(26)28-3)15(10-13-6-4-5-7-17(13)24)20(25)23(12)14-8-9-18(27-2)16(22)11-14/h4-11,24H,1-3H3/b15-10-. The van der Waals surface area contributed by atoms with Crippen molar-refractivity contribution < 1.29 is 24.2 Å². The minimum absolute atomic E-state index is 0.00406. The van der Waals surface area contributed by atoms with Crippen LogP contribution in [-0.2, 0) is 14.3 Å². The van der Waals surface area contributed by atoms with Crippen LogP contribution in [0.5, 0.6) is 11.5 Å². The molecule has 1 heterocycles. The molecule has 0 aliphatic carbocycles. The average molecular weight is 400 g/mol. The molecule has 0 radical (unpaired) electrons. The van der Waals surface area contributed by atoms with E-state index in [2.05, 4.69) is 0 Å². The van der Waals surface area contributed by atoms with Gasteiger partial charge in [0.15, 0.2) is 0 Å². The third kappa shape index (κ3) is 3.34. The Bertz CT molecular complexity index is 1030. The summed E-state index contributed by atoms with van der Waals surface area (Å²) in [7, 11) is 2.74. The molecule has 2 aromatic carbocycles. The highest BCUT2D eigenvalue weighted by Gasteiger charge is 2.38. The van der Waals surface area contributed by atoms with Gasteiger partial charge in [0, 0.05) is 11.3 Å². The Morgan fingerprint density at radius 1 is 1.18 bits per heavy atom. The number of anilines is 1. The second-order valence-electron chi connectivity index (χ2n) is 6.03. The van der Waals surface area contributed by atoms with Gasteiger partial charge in [-0.15, -0.1) is 0 Å². The summed E-state index contributed by atoms with van der Waals surface area (Å²) in [6, 6.07) is 11.4. The van der Waals surface area contributed by atoms with Crippen LogP contribution in [0.3, 0.4) is 0 Å². The number of phenols is 1. The molecule has 28 heavy (non-hydrogen) atoms. The Hall–Kier alpha value is -3.25. The number of para-hydroxylation sites is 1. The fourth-order valence-electron chi connectivity index (χ4n) is 3.05. The first-order chi connectivity index (χ1) is 13.4. The number of hydrogen-bond acceptors (Lipinski definition) is 5. The van der Waals surface area contributed by atoms with E-state index in [-0.39, 0.29) is 16.9 Å². The van der Waals surface area contributed by atoms with Crippen LogP contribution in [0, 0.1) is 0 Å². The van der Waals surface area contributed by atoms with E-state index in [4.69, 9.17) is 21.1 Å². The van der Waals surface area contributed by atoms with Crippen molar-refractivity contribution in [2.24, 2.45) is 0 Å². The number of halogens is 1. The number of hydrogen-bond donors (Lipinski definition) is 1. The number of esters is 1. The smallest absolute Gasteiger partial charge is 0.340 e. The van der Waals surface area contributed by atoms with Gasteiger partial charge in [0.25, 0.3) is 5.91 Å². The molecule has 1 amide bonds. The largest absolute Gasteiger partial charge is 0.507 e. The van der Waals surface area contributed by atoms with E-state index in [9.17, 15) is 14.7 Å². The van der Waals surface area contributed by atoms with Crippen LogP contribution in [0.2, 0.25) is 5.02 Å². The molecule has 3 rings (SSSR count). The fraction of sp³-hybridized carbons (Fsp3) is 0.143. The van der Waals surface area contributed by atoms with Crippen molar-refractivity contribution in [3.05, 3.63) is 69.9 Å². The summed E-state index contributed by atoms with van der Waals surface area (Å²) in [5.41, 5.74) is 1.55. The quantitative estimate of drug-likeness (QED) is 0.622. The zero-order valence-electron chi connectivity index (χ0n) is 15.5. The second kappa shape index (κ2) is 7.78. The van der Waals surface area contributed by atoms with Crippen molar-refractivity contribution in [3.63, 3.8) is 0 Å². The lowest BCUT2D eigenvalue weighted by atomic mass is 10.0. The highest BCUT2D eigenvalue weighted by molar-refractivity contribution is 6.32. The number of aromatic hydroxyl groups is 1. The van der Waals surface area contributed by atoms with Gasteiger partial charge >= 0.3 is 5.97 Å². The number of allylic oxidation sites excluding steroid dienone is 1. The first-order valence-electron chi connectivity index (χ1n) is 8.36. The number of ether oxygens (including phenoxy) is 2. The van der Waals surface area contributed by atoms with Gasteiger partial charge in [-0.3, -0.25) is 9.69 Å². The van der Waals surface area contributed by atoms with E-state index in [0.717, 1.165) is 0 Å². The van der Waals surface area contributed by atoms with Crippen molar-refractivity contribution in [2.75, 3.05) is 19.1 Å². The molecular formula is C21H18ClNO5. The summed E-state index contributed by atoms with van der Waals surface area (Å²) in [5, 5.41) is 10.4. The van der Waals surface area contributed by atoms with Gasteiger partial charge in [-0.1, -0.05) is 29.8 Å². The van der Waals surface area contributed by atoms with Gasteiger partial charge in [-0.25, -0.2) is 4.79 Å². The number of amides is 1. The third-order valence-corrected chi connectivity index (χ3v) is 4.72. The number of phenolic OH excluding ortho intramolecular Hbond substituents is 1. The zero-order chi connectivity index (χ0) is 20.4. The normalized spacial score (nSPS) is 15.4. The maximum atomic E-state index is 13.2. The maximum absolute atomic E-state index is 13.2. The van der Waals surface area contributed by atoms with Gasteiger partial charge in [0.1, 0.15) is 11.5 Å². The molecule has 1 aliphatic rings. The van der Waals surface area contributed by atoms with Gasteiger partial charge in [0.05, 0.1) is 36.1 Å². The molecule has 0 aromatic heterocycles.